The van der Waals surface area contributed by atoms with Gasteiger partial charge >= 0.3 is 0 Å². The summed E-state index contributed by atoms with van der Waals surface area (Å²) in [5, 5.41) is 7.16. The summed E-state index contributed by atoms with van der Waals surface area (Å²) in [5.74, 6) is 1.34. The van der Waals surface area contributed by atoms with Crippen LogP contribution in [0.4, 0.5) is 11.6 Å². The molecule has 8 nitrogen and oxygen atoms in total. The molecule has 2 aromatic heterocycles. The van der Waals surface area contributed by atoms with Gasteiger partial charge in [0.05, 0.1) is 5.69 Å². The van der Waals surface area contributed by atoms with Gasteiger partial charge in [0, 0.05) is 31.1 Å². The Balaban J connectivity index is 1.50. The molecular weight excluding hydrogens is 332 g/mol. The fourth-order valence-corrected chi connectivity index (χ4v) is 3.19. The largest absolute Gasteiger partial charge is 0.356 e. The number of carbonyl (C=O) groups is 1. The van der Waals surface area contributed by atoms with Crippen LogP contribution in [-0.4, -0.2) is 38.7 Å². The smallest absolute Gasteiger partial charge is 0.267 e. The highest BCUT2D eigenvalue weighted by Gasteiger charge is 2.27. The van der Waals surface area contributed by atoms with E-state index in [-0.39, 0.29) is 11.5 Å². The van der Waals surface area contributed by atoms with Crippen molar-refractivity contribution in [1.82, 2.24) is 19.7 Å². The predicted octanol–water partition coefficient (Wildman–Crippen LogP) is 1.71. The minimum absolute atomic E-state index is 0.280. The molecule has 136 valence electrons. The third kappa shape index (κ3) is 3.44. The van der Waals surface area contributed by atoms with E-state index in [0.29, 0.717) is 11.7 Å². The summed E-state index contributed by atoms with van der Waals surface area (Å²) in [6.07, 6.45) is 5.92. The zero-order chi connectivity index (χ0) is 18.1. The molecule has 0 aromatic carbocycles. The van der Waals surface area contributed by atoms with Gasteiger partial charge in [-0.15, -0.1) is 0 Å². The predicted molar refractivity (Wildman–Crippen MR) is 97.3 cm³/mol. The molecular formula is C18H22N6O2. The number of anilines is 2. The minimum atomic E-state index is -0.716. The van der Waals surface area contributed by atoms with Gasteiger partial charge in [0.2, 0.25) is 5.91 Å². The molecule has 1 saturated heterocycles. The second kappa shape index (κ2) is 6.86. The number of amides is 1. The molecule has 0 spiro atoms. The van der Waals surface area contributed by atoms with Crippen LogP contribution in [0.15, 0.2) is 29.3 Å². The summed E-state index contributed by atoms with van der Waals surface area (Å²) in [6, 6.07) is 4.30. The molecule has 0 bridgehead atoms. The Labute approximate surface area is 151 Å². The van der Waals surface area contributed by atoms with Crippen LogP contribution in [0.3, 0.4) is 0 Å². The lowest BCUT2D eigenvalue weighted by Gasteiger charge is -2.17. The van der Waals surface area contributed by atoms with Crippen molar-refractivity contribution in [3.8, 4) is 0 Å². The van der Waals surface area contributed by atoms with E-state index in [1.165, 1.54) is 17.1 Å². The van der Waals surface area contributed by atoms with Crippen molar-refractivity contribution >= 4 is 17.5 Å². The quantitative estimate of drug-likeness (QED) is 0.879. The van der Waals surface area contributed by atoms with Crippen LogP contribution >= 0.6 is 0 Å². The Bertz CT molecular complexity index is 870. The summed E-state index contributed by atoms with van der Waals surface area (Å²) in [5.41, 5.74) is 0.597. The van der Waals surface area contributed by atoms with Gasteiger partial charge in [0.15, 0.2) is 0 Å². The van der Waals surface area contributed by atoms with Gasteiger partial charge in [-0.05, 0) is 38.7 Å². The lowest BCUT2D eigenvalue weighted by Crippen LogP contribution is -2.33. The van der Waals surface area contributed by atoms with Gasteiger partial charge in [-0.3, -0.25) is 9.59 Å². The number of nitrogens with zero attached hydrogens (tertiary/aromatic N) is 5. The van der Waals surface area contributed by atoms with Gasteiger partial charge in [-0.25, -0.2) is 14.6 Å². The molecule has 8 heteroatoms. The van der Waals surface area contributed by atoms with Crippen molar-refractivity contribution in [3.63, 3.8) is 0 Å². The summed E-state index contributed by atoms with van der Waals surface area (Å²) in [6.45, 7) is 3.60. The van der Waals surface area contributed by atoms with Crippen LogP contribution in [-0.2, 0) is 4.79 Å². The maximum Gasteiger partial charge on any atom is 0.267 e. The third-order valence-electron chi connectivity index (χ3n) is 4.92. The van der Waals surface area contributed by atoms with E-state index in [1.807, 2.05) is 0 Å². The monoisotopic (exact) mass is 354 g/mol. The van der Waals surface area contributed by atoms with Gasteiger partial charge < -0.3 is 10.2 Å². The van der Waals surface area contributed by atoms with Crippen LogP contribution in [0.1, 0.15) is 50.3 Å². The molecule has 2 aromatic rings. The number of rotatable bonds is 5. The average Bonchev–Trinajstić information content (AvgIpc) is 3.35. The Morgan fingerprint density at radius 3 is 2.73 bits per heavy atom. The van der Waals surface area contributed by atoms with E-state index in [9.17, 15) is 9.59 Å². The van der Waals surface area contributed by atoms with Crippen LogP contribution < -0.4 is 15.8 Å². The van der Waals surface area contributed by atoms with E-state index >= 15 is 0 Å². The summed E-state index contributed by atoms with van der Waals surface area (Å²) >= 11 is 0. The Kier molecular flexibility index (Phi) is 4.40. The molecule has 2 aliphatic rings. The molecule has 1 amide bonds. The van der Waals surface area contributed by atoms with Crippen LogP contribution in [0.5, 0.6) is 0 Å². The first-order chi connectivity index (χ1) is 12.6. The molecule has 1 aliphatic heterocycles. The zero-order valence-electron chi connectivity index (χ0n) is 14.8. The second-order valence-electron chi connectivity index (χ2n) is 6.94. The summed E-state index contributed by atoms with van der Waals surface area (Å²) in [4.78, 5) is 35.3. The molecule has 26 heavy (non-hydrogen) atoms. The molecule has 1 aliphatic carbocycles. The van der Waals surface area contributed by atoms with E-state index in [4.69, 9.17) is 0 Å². The fourth-order valence-electron chi connectivity index (χ4n) is 3.19. The lowest BCUT2D eigenvalue weighted by atomic mass is 10.2. The highest BCUT2D eigenvalue weighted by atomic mass is 16.2. The van der Waals surface area contributed by atoms with Gasteiger partial charge in [-0.1, -0.05) is 0 Å². The van der Waals surface area contributed by atoms with Crippen molar-refractivity contribution in [1.29, 1.82) is 0 Å². The van der Waals surface area contributed by atoms with Crippen molar-refractivity contribution in [2.75, 3.05) is 23.3 Å². The summed E-state index contributed by atoms with van der Waals surface area (Å²) in [7, 11) is 0. The standard InChI is InChI=1S/C18H22N6O2/c1-12(24-17(25)7-6-14(22-24)13-4-5-13)18(26)21-15-10-16(20-11-19-15)23-8-2-3-9-23/h6-7,10-13H,2-5,8-9H2,1H3,(H,19,20,21,26). The number of carbonyl (C=O) groups excluding carboxylic acids is 1. The Morgan fingerprint density at radius 1 is 1.23 bits per heavy atom. The molecule has 4 rings (SSSR count). The number of hydrogen-bond acceptors (Lipinski definition) is 6. The third-order valence-corrected chi connectivity index (χ3v) is 4.92. The Morgan fingerprint density at radius 2 is 2.00 bits per heavy atom. The molecule has 3 heterocycles. The van der Waals surface area contributed by atoms with Gasteiger partial charge in [-0.2, -0.15) is 5.10 Å². The Hall–Kier alpha value is -2.77. The molecule has 2 fully saturated rings. The molecule has 1 unspecified atom stereocenters. The first kappa shape index (κ1) is 16.7. The maximum atomic E-state index is 12.6. The van der Waals surface area contributed by atoms with Crippen LogP contribution in [0, 0.1) is 0 Å². The van der Waals surface area contributed by atoms with Crippen LogP contribution in [0.25, 0.3) is 0 Å². The maximum absolute atomic E-state index is 12.6. The van der Waals surface area contributed by atoms with Crippen molar-refractivity contribution in [2.24, 2.45) is 0 Å². The van der Waals surface area contributed by atoms with E-state index in [0.717, 1.165) is 50.3 Å². The van der Waals surface area contributed by atoms with Crippen LogP contribution in [0.2, 0.25) is 0 Å². The number of nitrogens with one attached hydrogen (secondary N) is 1. The van der Waals surface area contributed by atoms with E-state index in [1.54, 1.807) is 19.1 Å². The molecule has 0 radical (unpaired) electrons. The topological polar surface area (TPSA) is 93.0 Å². The highest BCUT2D eigenvalue weighted by molar-refractivity contribution is 5.92. The molecule has 1 atom stereocenters. The fraction of sp³-hybridized carbons (Fsp3) is 0.500. The van der Waals surface area contributed by atoms with Gasteiger partial charge in [0.25, 0.3) is 5.56 Å². The number of hydrogen-bond donors (Lipinski definition) is 1. The normalized spacial score (nSPS) is 18.0. The molecule has 1 saturated carbocycles. The first-order valence-corrected chi connectivity index (χ1v) is 9.09. The van der Waals surface area contributed by atoms with E-state index in [2.05, 4.69) is 25.3 Å². The van der Waals surface area contributed by atoms with Crippen molar-refractivity contribution in [3.05, 3.63) is 40.6 Å². The number of aromatic nitrogens is 4. The first-order valence-electron chi connectivity index (χ1n) is 9.09. The highest BCUT2D eigenvalue weighted by Crippen LogP contribution is 2.38. The lowest BCUT2D eigenvalue weighted by molar-refractivity contribution is -0.119. The second-order valence-corrected chi connectivity index (χ2v) is 6.94. The average molecular weight is 354 g/mol. The molecule has 1 N–H and O–H groups in total. The SMILES string of the molecule is CC(C(=O)Nc1cc(N2CCCC2)ncn1)n1nc(C2CC2)ccc1=O. The van der Waals surface area contributed by atoms with Gasteiger partial charge in [0.1, 0.15) is 24.0 Å². The van der Waals surface area contributed by atoms with E-state index < -0.39 is 6.04 Å². The minimum Gasteiger partial charge on any atom is -0.356 e. The zero-order valence-corrected chi connectivity index (χ0v) is 14.8. The summed E-state index contributed by atoms with van der Waals surface area (Å²) < 4.78 is 1.26. The van der Waals surface area contributed by atoms with Crippen molar-refractivity contribution < 1.29 is 4.79 Å². The van der Waals surface area contributed by atoms with Crippen molar-refractivity contribution in [2.45, 2.75) is 44.6 Å².